The van der Waals surface area contributed by atoms with Crippen molar-refractivity contribution in [2.24, 2.45) is 11.8 Å². The number of methoxy groups -OCH3 is 1. The van der Waals surface area contributed by atoms with E-state index in [2.05, 4.69) is 4.90 Å². The van der Waals surface area contributed by atoms with E-state index in [4.69, 9.17) is 9.84 Å². The van der Waals surface area contributed by atoms with Gasteiger partial charge in [0, 0.05) is 19.6 Å². The molecule has 1 heterocycles. The maximum absolute atomic E-state index is 11.1. The SMILES string of the molecule is COc1ccc(CN2C[C@@H](C)[C@H](C(=O)O)C2)cc1. The quantitative estimate of drug-likeness (QED) is 0.884. The third-order valence-electron chi connectivity index (χ3n) is 3.57. The Morgan fingerprint density at radius 2 is 2.06 bits per heavy atom. The molecule has 0 aliphatic carbocycles. The summed E-state index contributed by atoms with van der Waals surface area (Å²) in [6.07, 6.45) is 0. The average molecular weight is 249 g/mol. The maximum atomic E-state index is 11.1. The summed E-state index contributed by atoms with van der Waals surface area (Å²) in [7, 11) is 1.65. The third kappa shape index (κ3) is 2.82. The summed E-state index contributed by atoms with van der Waals surface area (Å²) >= 11 is 0. The molecule has 1 aliphatic rings. The molecule has 0 spiro atoms. The van der Waals surface area contributed by atoms with Crippen LogP contribution < -0.4 is 4.74 Å². The van der Waals surface area contributed by atoms with Gasteiger partial charge in [-0.3, -0.25) is 9.69 Å². The fourth-order valence-corrected chi connectivity index (χ4v) is 2.51. The van der Waals surface area contributed by atoms with Gasteiger partial charge in [0.05, 0.1) is 13.0 Å². The molecule has 0 saturated carbocycles. The zero-order valence-electron chi connectivity index (χ0n) is 10.8. The second kappa shape index (κ2) is 5.40. The topological polar surface area (TPSA) is 49.8 Å². The molecule has 0 radical (unpaired) electrons. The first-order chi connectivity index (χ1) is 8.60. The van der Waals surface area contributed by atoms with Crippen LogP contribution in [0.2, 0.25) is 0 Å². The van der Waals surface area contributed by atoms with Crippen molar-refractivity contribution in [1.29, 1.82) is 0 Å². The van der Waals surface area contributed by atoms with Gasteiger partial charge in [0.1, 0.15) is 5.75 Å². The number of carboxylic acid groups (broad SMARTS) is 1. The molecule has 0 amide bonds. The number of rotatable bonds is 4. The van der Waals surface area contributed by atoms with Gasteiger partial charge in [-0.1, -0.05) is 19.1 Å². The summed E-state index contributed by atoms with van der Waals surface area (Å²) in [6.45, 7) is 4.30. The van der Waals surface area contributed by atoms with E-state index < -0.39 is 5.97 Å². The molecule has 4 heteroatoms. The second-order valence-electron chi connectivity index (χ2n) is 4.96. The highest BCUT2D eigenvalue weighted by Gasteiger charge is 2.34. The van der Waals surface area contributed by atoms with Gasteiger partial charge in [-0.05, 0) is 23.6 Å². The van der Waals surface area contributed by atoms with Gasteiger partial charge in [0.15, 0.2) is 0 Å². The molecule has 98 valence electrons. The number of carbonyl (C=O) groups is 1. The van der Waals surface area contributed by atoms with Crippen LogP contribution in [0.15, 0.2) is 24.3 Å². The smallest absolute Gasteiger partial charge is 0.308 e. The van der Waals surface area contributed by atoms with Crippen molar-refractivity contribution in [3.05, 3.63) is 29.8 Å². The average Bonchev–Trinajstić information content (AvgIpc) is 2.71. The summed E-state index contributed by atoms with van der Waals surface area (Å²) in [4.78, 5) is 13.2. The number of hydrogen-bond donors (Lipinski definition) is 1. The normalized spacial score (nSPS) is 24.1. The highest BCUT2D eigenvalue weighted by molar-refractivity contribution is 5.71. The van der Waals surface area contributed by atoms with Gasteiger partial charge in [0.25, 0.3) is 0 Å². The zero-order valence-corrected chi connectivity index (χ0v) is 10.8. The van der Waals surface area contributed by atoms with Gasteiger partial charge in [-0.15, -0.1) is 0 Å². The van der Waals surface area contributed by atoms with Gasteiger partial charge >= 0.3 is 5.97 Å². The summed E-state index contributed by atoms with van der Waals surface area (Å²) in [5.74, 6) is 0.153. The number of hydrogen-bond acceptors (Lipinski definition) is 3. The Balaban J connectivity index is 1.96. The molecule has 1 aliphatic heterocycles. The molecule has 1 saturated heterocycles. The Morgan fingerprint density at radius 1 is 1.39 bits per heavy atom. The maximum Gasteiger partial charge on any atom is 0.308 e. The fourth-order valence-electron chi connectivity index (χ4n) is 2.51. The predicted octanol–water partition coefficient (Wildman–Crippen LogP) is 1.85. The fraction of sp³-hybridized carbons (Fsp3) is 0.500. The Bertz CT molecular complexity index is 416. The van der Waals surface area contributed by atoms with Crippen LogP contribution in [0.5, 0.6) is 5.75 Å². The van der Waals surface area contributed by atoms with Gasteiger partial charge in [0.2, 0.25) is 0 Å². The van der Waals surface area contributed by atoms with E-state index in [1.165, 1.54) is 5.56 Å². The van der Waals surface area contributed by atoms with Crippen molar-refractivity contribution in [2.75, 3.05) is 20.2 Å². The standard InChI is InChI=1S/C14H19NO3/c1-10-7-15(9-13(10)14(16)17)8-11-3-5-12(18-2)6-4-11/h3-6,10,13H,7-9H2,1-2H3,(H,16,17)/t10-,13-/m1/s1. The highest BCUT2D eigenvalue weighted by Crippen LogP contribution is 2.25. The first kappa shape index (κ1) is 12.9. The summed E-state index contributed by atoms with van der Waals surface area (Å²) in [5.41, 5.74) is 1.19. The molecule has 2 rings (SSSR count). The molecular formula is C14H19NO3. The van der Waals surface area contributed by atoms with Crippen LogP contribution in [0.1, 0.15) is 12.5 Å². The van der Waals surface area contributed by atoms with Crippen LogP contribution in [0, 0.1) is 11.8 Å². The minimum atomic E-state index is -0.681. The zero-order chi connectivity index (χ0) is 13.1. The molecule has 0 aromatic heterocycles. The van der Waals surface area contributed by atoms with Crippen molar-refractivity contribution in [2.45, 2.75) is 13.5 Å². The Hall–Kier alpha value is -1.55. The number of nitrogens with zero attached hydrogens (tertiary/aromatic N) is 1. The van der Waals surface area contributed by atoms with Crippen molar-refractivity contribution in [3.63, 3.8) is 0 Å². The molecule has 1 aromatic rings. The molecule has 1 N–H and O–H groups in total. The lowest BCUT2D eigenvalue weighted by Crippen LogP contribution is -2.23. The molecule has 4 nitrogen and oxygen atoms in total. The number of benzene rings is 1. The van der Waals surface area contributed by atoms with E-state index in [-0.39, 0.29) is 11.8 Å². The van der Waals surface area contributed by atoms with Gasteiger partial charge in [-0.2, -0.15) is 0 Å². The van der Waals surface area contributed by atoms with E-state index in [1.807, 2.05) is 31.2 Å². The number of carboxylic acids is 1. The molecule has 0 unspecified atom stereocenters. The molecule has 1 fully saturated rings. The lowest BCUT2D eigenvalue weighted by Gasteiger charge is -2.15. The van der Waals surface area contributed by atoms with E-state index in [0.717, 1.165) is 18.8 Å². The first-order valence-corrected chi connectivity index (χ1v) is 6.18. The molecule has 1 aromatic carbocycles. The number of ether oxygens (including phenoxy) is 1. The Morgan fingerprint density at radius 3 is 2.56 bits per heavy atom. The van der Waals surface area contributed by atoms with Crippen LogP contribution in [0.3, 0.4) is 0 Å². The molecule has 18 heavy (non-hydrogen) atoms. The molecule has 0 bridgehead atoms. The highest BCUT2D eigenvalue weighted by atomic mass is 16.5. The Labute approximate surface area is 107 Å². The van der Waals surface area contributed by atoms with Crippen LogP contribution in [-0.4, -0.2) is 36.2 Å². The minimum absolute atomic E-state index is 0.223. The van der Waals surface area contributed by atoms with Crippen molar-refractivity contribution in [3.8, 4) is 5.75 Å². The number of likely N-dealkylation sites (tertiary alicyclic amines) is 1. The van der Waals surface area contributed by atoms with Crippen molar-refractivity contribution < 1.29 is 14.6 Å². The van der Waals surface area contributed by atoms with Gasteiger partial charge in [-0.25, -0.2) is 0 Å². The van der Waals surface area contributed by atoms with Crippen LogP contribution >= 0.6 is 0 Å². The summed E-state index contributed by atoms with van der Waals surface area (Å²) in [5, 5.41) is 9.09. The van der Waals surface area contributed by atoms with E-state index >= 15 is 0 Å². The minimum Gasteiger partial charge on any atom is -0.497 e. The van der Waals surface area contributed by atoms with E-state index in [1.54, 1.807) is 7.11 Å². The van der Waals surface area contributed by atoms with E-state index in [0.29, 0.717) is 6.54 Å². The largest absolute Gasteiger partial charge is 0.497 e. The lowest BCUT2D eigenvalue weighted by atomic mass is 9.99. The Kier molecular flexibility index (Phi) is 3.87. The van der Waals surface area contributed by atoms with Gasteiger partial charge < -0.3 is 9.84 Å². The van der Waals surface area contributed by atoms with Crippen LogP contribution in [-0.2, 0) is 11.3 Å². The van der Waals surface area contributed by atoms with Crippen molar-refractivity contribution in [1.82, 2.24) is 4.90 Å². The monoisotopic (exact) mass is 249 g/mol. The summed E-state index contributed by atoms with van der Waals surface area (Å²) in [6, 6.07) is 7.92. The molecular weight excluding hydrogens is 230 g/mol. The van der Waals surface area contributed by atoms with E-state index in [9.17, 15) is 4.79 Å². The third-order valence-corrected chi connectivity index (χ3v) is 3.57. The number of aliphatic carboxylic acids is 1. The van der Waals surface area contributed by atoms with Crippen LogP contribution in [0.4, 0.5) is 0 Å². The van der Waals surface area contributed by atoms with Crippen LogP contribution in [0.25, 0.3) is 0 Å². The lowest BCUT2D eigenvalue weighted by molar-refractivity contribution is -0.142. The first-order valence-electron chi connectivity index (χ1n) is 6.18. The predicted molar refractivity (Wildman–Crippen MR) is 68.6 cm³/mol. The molecule has 2 atom stereocenters. The second-order valence-corrected chi connectivity index (χ2v) is 4.96. The van der Waals surface area contributed by atoms with Crippen molar-refractivity contribution >= 4 is 5.97 Å². The summed E-state index contributed by atoms with van der Waals surface area (Å²) < 4.78 is 5.11.